The van der Waals surface area contributed by atoms with E-state index < -0.39 is 0 Å². The zero-order chi connectivity index (χ0) is 15.1. The Bertz CT molecular complexity index is 438. The van der Waals surface area contributed by atoms with Gasteiger partial charge in [0.25, 0.3) is 0 Å². The summed E-state index contributed by atoms with van der Waals surface area (Å²) < 4.78 is 5.04. The van der Waals surface area contributed by atoms with E-state index >= 15 is 0 Å². The van der Waals surface area contributed by atoms with Crippen LogP contribution in [0.15, 0.2) is 30.3 Å². The number of hydrogen-bond acceptors (Lipinski definition) is 4. The van der Waals surface area contributed by atoms with E-state index in [0.29, 0.717) is 24.4 Å². The van der Waals surface area contributed by atoms with Crippen LogP contribution in [0.1, 0.15) is 32.3 Å². The highest BCUT2D eigenvalue weighted by atomic mass is 32.2. The molecule has 0 N–H and O–H groups in total. The first kappa shape index (κ1) is 16.4. The molecule has 1 aromatic rings. The predicted molar refractivity (Wildman–Crippen MR) is 88.4 cm³/mol. The van der Waals surface area contributed by atoms with Crippen molar-refractivity contribution in [3.63, 3.8) is 0 Å². The van der Waals surface area contributed by atoms with Gasteiger partial charge >= 0.3 is 5.97 Å². The van der Waals surface area contributed by atoms with E-state index in [-0.39, 0.29) is 5.97 Å². The van der Waals surface area contributed by atoms with Crippen LogP contribution in [0.2, 0.25) is 0 Å². The predicted octanol–water partition coefficient (Wildman–Crippen LogP) is 3.34. The summed E-state index contributed by atoms with van der Waals surface area (Å²) in [6.07, 6.45) is 2.30. The molecule has 0 bridgehead atoms. The van der Waals surface area contributed by atoms with Gasteiger partial charge in [0.05, 0.1) is 13.2 Å². The Morgan fingerprint density at radius 1 is 1.38 bits per heavy atom. The van der Waals surface area contributed by atoms with Crippen molar-refractivity contribution in [1.29, 1.82) is 0 Å². The zero-order valence-electron chi connectivity index (χ0n) is 13.0. The Hall–Kier alpha value is -1.00. The third kappa shape index (κ3) is 5.36. The minimum absolute atomic E-state index is 0.0975. The van der Waals surface area contributed by atoms with Crippen LogP contribution in [0.25, 0.3) is 0 Å². The third-order valence-corrected chi connectivity index (χ3v) is 5.33. The molecule has 116 valence electrons. The van der Waals surface area contributed by atoms with E-state index in [2.05, 4.69) is 42.2 Å². The lowest BCUT2D eigenvalue weighted by Crippen LogP contribution is -2.44. The Morgan fingerprint density at radius 3 is 2.81 bits per heavy atom. The fourth-order valence-electron chi connectivity index (χ4n) is 2.72. The van der Waals surface area contributed by atoms with Crippen LogP contribution in [0.5, 0.6) is 0 Å². The molecule has 1 fully saturated rings. The van der Waals surface area contributed by atoms with Crippen molar-refractivity contribution in [2.75, 3.05) is 19.7 Å². The Morgan fingerprint density at radius 2 is 2.14 bits per heavy atom. The van der Waals surface area contributed by atoms with Gasteiger partial charge in [0.1, 0.15) is 0 Å². The minimum atomic E-state index is -0.0975. The van der Waals surface area contributed by atoms with E-state index in [0.717, 1.165) is 25.1 Å². The lowest BCUT2D eigenvalue weighted by atomic mass is 10.0. The molecule has 0 radical (unpaired) electrons. The summed E-state index contributed by atoms with van der Waals surface area (Å²) in [5, 5.41) is 0.693. The van der Waals surface area contributed by atoms with Gasteiger partial charge < -0.3 is 4.74 Å². The topological polar surface area (TPSA) is 29.5 Å². The molecule has 0 aromatic heterocycles. The van der Waals surface area contributed by atoms with E-state index in [1.807, 2.05) is 18.7 Å². The fraction of sp³-hybridized carbons (Fsp3) is 0.588. The average molecular weight is 307 g/mol. The maximum atomic E-state index is 11.6. The second-order valence-electron chi connectivity index (χ2n) is 5.57. The van der Waals surface area contributed by atoms with E-state index in [9.17, 15) is 4.79 Å². The van der Waals surface area contributed by atoms with Gasteiger partial charge in [-0.2, -0.15) is 11.8 Å². The normalized spacial score (nSPS) is 23.0. The molecule has 1 aliphatic heterocycles. The molecule has 0 amide bonds. The van der Waals surface area contributed by atoms with Crippen molar-refractivity contribution < 1.29 is 9.53 Å². The molecule has 21 heavy (non-hydrogen) atoms. The first-order chi connectivity index (χ1) is 10.2. The quantitative estimate of drug-likeness (QED) is 0.754. The van der Waals surface area contributed by atoms with Crippen molar-refractivity contribution >= 4 is 17.7 Å². The second kappa shape index (κ2) is 8.44. The molecule has 0 spiro atoms. The van der Waals surface area contributed by atoms with Crippen molar-refractivity contribution in [2.24, 2.45) is 0 Å². The Kier molecular flexibility index (Phi) is 6.58. The number of rotatable bonds is 6. The molecule has 4 heteroatoms. The van der Waals surface area contributed by atoms with Crippen molar-refractivity contribution in [3.05, 3.63) is 35.9 Å². The molecule has 3 nitrogen and oxygen atoms in total. The second-order valence-corrected chi connectivity index (χ2v) is 6.86. The van der Waals surface area contributed by atoms with Crippen LogP contribution in [0.4, 0.5) is 0 Å². The molecular weight excluding hydrogens is 282 g/mol. The lowest BCUT2D eigenvalue weighted by molar-refractivity contribution is -0.145. The lowest BCUT2D eigenvalue weighted by Gasteiger charge is -2.36. The van der Waals surface area contributed by atoms with E-state index in [1.54, 1.807) is 0 Å². The summed E-state index contributed by atoms with van der Waals surface area (Å²) in [6, 6.07) is 11.1. The Labute approximate surface area is 132 Å². The molecule has 1 aliphatic rings. The number of benzene rings is 1. The van der Waals surface area contributed by atoms with Crippen molar-refractivity contribution in [2.45, 2.75) is 43.7 Å². The number of hydrogen-bond donors (Lipinski definition) is 0. The molecule has 1 heterocycles. The average Bonchev–Trinajstić information content (AvgIpc) is 2.49. The number of likely N-dealkylation sites (tertiary alicyclic amines) is 1. The summed E-state index contributed by atoms with van der Waals surface area (Å²) in [5.41, 5.74) is 1.39. The minimum Gasteiger partial charge on any atom is -0.465 e. The van der Waals surface area contributed by atoms with Gasteiger partial charge in [-0.3, -0.25) is 9.69 Å². The molecule has 0 aliphatic carbocycles. The summed E-state index contributed by atoms with van der Waals surface area (Å²) in [7, 11) is 0. The highest BCUT2D eigenvalue weighted by molar-refractivity contribution is 7.99. The van der Waals surface area contributed by atoms with Crippen LogP contribution in [0.3, 0.4) is 0 Å². The van der Waals surface area contributed by atoms with Crippen LogP contribution < -0.4 is 0 Å². The number of ether oxygens (including phenoxy) is 1. The number of carbonyl (C=O) groups is 1. The van der Waals surface area contributed by atoms with Gasteiger partial charge in [0.2, 0.25) is 0 Å². The highest BCUT2D eigenvalue weighted by Crippen LogP contribution is 2.29. The summed E-state index contributed by atoms with van der Waals surface area (Å²) in [6.45, 7) is 5.97. The van der Waals surface area contributed by atoms with Gasteiger partial charge in [-0.1, -0.05) is 30.3 Å². The third-order valence-electron chi connectivity index (χ3n) is 3.93. The van der Waals surface area contributed by atoms with Gasteiger partial charge in [0, 0.05) is 23.6 Å². The maximum Gasteiger partial charge on any atom is 0.320 e. The number of nitrogens with zero attached hydrogens (tertiary/aromatic N) is 1. The van der Waals surface area contributed by atoms with Gasteiger partial charge in [-0.15, -0.1) is 0 Å². The zero-order valence-corrected chi connectivity index (χ0v) is 13.8. The summed E-state index contributed by atoms with van der Waals surface area (Å²) in [4.78, 5) is 13.8. The molecule has 2 rings (SSSR count). The van der Waals surface area contributed by atoms with Crippen LogP contribution >= 0.6 is 11.8 Å². The number of thioether (sulfide) groups is 1. The van der Waals surface area contributed by atoms with E-state index in [4.69, 9.17) is 4.74 Å². The summed E-state index contributed by atoms with van der Waals surface area (Å²) in [5.74, 6) is 0.982. The molecule has 1 aromatic carbocycles. The smallest absolute Gasteiger partial charge is 0.320 e. The molecule has 0 saturated carbocycles. The van der Waals surface area contributed by atoms with Crippen molar-refractivity contribution in [3.8, 4) is 0 Å². The molecule has 1 saturated heterocycles. The first-order valence-corrected chi connectivity index (χ1v) is 8.79. The van der Waals surface area contributed by atoms with Crippen LogP contribution in [0, 0.1) is 0 Å². The van der Waals surface area contributed by atoms with Crippen molar-refractivity contribution in [1.82, 2.24) is 4.90 Å². The summed E-state index contributed by atoms with van der Waals surface area (Å²) >= 11 is 2.04. The monoisotopic (exact) mass is 307 g/mol. The first-order valence-electron chi connectivity index (χ1n) is 7.74. The fourth-order valence-corrected chi connectivity index (χ4v) is 4.03. The standard InChI is InChI=1S/C17H25NO2S/c1-3-20-17(19)12-18-10-9-16(11-14(18)2)21-13-15-7-5-4-6-8-15/h4-8,14,16H,3,9-13H2,1-2H3. The van der Waals surface area contributed by atoms with Gasteiger partial charge in [0.15, 0.2) is 0 Å². The number of carbonyl (C=O) groups excluding carboxylic acids is 1. The highest BCUT2D eigenvalue weighted by Gasteiger charge is 2.27. The maximum absolute atomic E-state index is 11.6. The number of piperidine rings is 1. The SMILES string of the molecule is CCOC(=O)CN1CCC(SCc2ccccc2)CC1C. The van der Waals surface area contributed by atoms with Crippen LogP contribution in [-0.2, 0) is 15.3 Å². The van der Waals surface area contributed by atoms with Gasteiger partial charge in [-0.05, 0) is 32.3 Å². The Balaban J connectivity index is 1.74. The largest absolute Gasteiger partial charge is 0.465 e. The molecule has 2 unspecified atom stereocenters. The van der Waals surface area contributed by atoms with Crippen LogP contribution in [-0.4, -0.2) is 41.9 Å². The van der Waals surface area contributed by atoms with E-state index in [1.165, 1.54) is 5.56 Å². The molecule has 2 atom stereocenters. The van der Waals surface area contributed by atoms with Gasteiger partial charge in [-0.25, -0.2) is 0 Å². The number of esters is 1. The molecular formula is C17H25NO2S.